The monoisotopic (exact) mass is 376 g/mol. The topological polar surface area (TPSA) is 58.2 Å². The highest BCUT2D eigenvalue weighted by atomic mass is 19.2. The van der Waals surface area contributed by atoms with Gasteiger partial charge in [-0.05, 0) is 35.4 Å². The second-order valence-corrected chi connectivity index (χ2v) is 5.11. The molecule has 0 radical (unpaired) electrons. The second kappa shape index (κ2) is 7.89. The Hall–Kier alpha value is -3.04. The molecule has 0 aliphatic carbocycles. The largest absolute Gasteiger partial charge is 0.344 e. The molecule has 0 heterocycles. The van der Waals surface area contributed by atoms with Crippen LogP contribution in [-0.4, -0.2) is 11.8 Å². The van der Waals surface area contributed by atoms with Crippen LogP contribution in [0.1, 0.15) is 11.1 Å². The number of carbonyl (C=O) groups excluding carboxylic acids is 2. The fourth-order valence-electron chi connectivity index (χ4n) is 1.95. The minimum absolute atomic E-state index is 0.134. The van der Waals surface area contributed by atoms with E-state index >= 15 is 0 Å². The first kappa shape index (κ1) is 19.3. The van der Waals surface area contributed by atoms with Crippen LogP contribution in [0.25, 0.3) is 0 Å². The fourth-order valence-corrected chi connectivity index (χ4v) is 1.95. The van der Waals surface area contributed by atoms with Gasteiger partial charge < -0.3 is 10.6 Å². The third kappa shape index (κ3) is 4.52. The molecule has 0 aliphatic heterocycles. The molecule has 4 nitrogen and oxygen atoms in total. The number of amides is 2. The van der Waals surface area contributed by atoms with Crippen LogP contribution in [0.5, 0.6) is 0 Å². The van der Waals surface area contributed by atoms with Crippen LogP contribution in [0.4, 0.5) is 26.3 Å². The minimum Gasteiger partial charge on any atom is -0.344 e. The molecule has 0 bridgehead atoms. The molecule has 2 aromatic rings. The third-order valence-electron chi connectivity index (χ3n) is 3.20. The van der Waals surface area contributed by atoms with Crippen molar-refractivity contribution in [3.63, 3.8) is 0 Å². The Morgan fingerprint density at radius 3 is 1.15 bits per heavy atom. The molecule has 0 atom stereocenters. The van der Waals surface area contributed by atoms with Gasteiger partial charge in [0.05, 0.1) is 0 Å². The summed E-state index contributed by atoms with van der Waals surface area (Å²) in [6.07, 6.45) is 0. The van der Waals surface area contributed by atoms with Crippen molar-refractivity contribution in [3.05, 3.63) is 70.3 Å². The van der Waals surface area contributed by atoms with Crippen LogP contribution in [-0.2, 0) is 22.7 Å². The Bertz CT molecular complexity index is 754. The van der Waals surface area contributed by atoms with Crippen molar-refractivity contribution in [2.75, 3.05) is 0 Å². The lowest BCUT2D eigenvalue weighted by Gasteiger charge is -2.08. The lowest BCUT2D eigenvalue weighted by Crippen LogP contribution is -2.39. The van der Waals surface area contributed by atoms with Crippen molar-refractivity contribution in [2.24, 2.45) is 0 Å². The van der Waals surface area contributed by atoms with Crippen LogP contribution in [0, 0.1) is 34.9 Å². The maximum atomic E-state index is 13.0. The number of nitrogens with one attached hydrogen (secondary N) is 2. The maximum absolute atomic E-state index is 13.0. The van der Waals surface area contributed by atoms with Gasteiger partial charge in [-0.2, -0.15) is 0 Å². The molecular formula is C16H10F6N2O2. The van der Waals surface area contributed by atoms with Gasteiger partial charge in [-0.15, -0.1) is 0 Å². The summed E-state index contributed by atoms with van der Waals surface area (Å²) in [6, 6.07) is 2.56. The standard InChI is InChI=1S/C16H10F6N2O2/c17-9-1-7(2-10(18)13(9)21)5-23-15(25)16(26)24-6-8-3-11(19)14(22)12(20)4-8/h1-4H,5-6H2,(H,23,25)(H,24,26). The highest BCUT2D eigenvalue weighted by Crippen LogP contribution is 2.14. The van der Waals surface area contributed by atoms with Gasteiger partial charge in [0.25, 0.3) is 0 Å². The van der Waals surface area contributed by atoms with E-state index < -0.39 is 59.8 Å². The first-order chi connectivity index (χ1) is 12.2. The molecule has 2 rings (SSSR count). The second-order valence-electron chi connectivity index (χ2n) is 5.11. The van der Waals surface area contributed by atoms with Gasteiger partial charge in [0, 0.05) is 13.1 Å². The smallest absolute Gasteiger partial charge is 0.309 e. The SMILES string of the molecule is O=C(NCc1cc(F)c(F)c(F)c1)C(=O)NCc1cc(F)c(F)c(F)c1. The van der Waals surface area contributed by atoms with E-state index in [-0.39, 0.29) is 11.1 Å². The Labute approximate surface area is 142 Å². The average molecular weight is 376 g/mol. The molecule has 2 N–H and O–H groups in total. The van der Waals surface area contributed by atoms with Gasteiger partial charge >= 0.3 is 11.8 Å². The van der Waals surface area contributed by atoms with E-state index in [1.165, 1.54) is 0 Å². The molecule has 0 aromatic heterocycles. The van der Waals surface area contributed by atoms with Crippen LogP contribution in [0.2, 0.25) is 0 Å². The molecule has 0 spiro atoms. The average Bonchev–Trinajstić information content (AvgIpc) is 2.59. The van der Waals surface area contributed by atoms with Gasteiger partial charge in [0.2, 0.25) is 0 Å². The summed E-state index contributed by atoms with van der Waals surface area (Å²) in [4.78, 5) is 23.1. The van der Waals surface area contributed by atoms with Gasteiger partial charge in [0.1, 0.15) is 0 Å². The predicted octanol–water partition coefficient (Wildman–Crippen LogP) is 2.45. The fraction of sp³-hybridized carbons (Fsp3) is 0.125. The van der Waals surface area contributed by atoms with Gasteiger partial charge in [-0.1, -0.05) is 0 Å². The molecule has 0 unspecified atom stereocenters. The predicted molar refractivity (Wildman–Crippen MR) is 76.3 cm³/mol. The molecule has 0 saturated carbocycles. The Balaban J connectivity index is 1.91. The van der Waals surface area contributed by atoms with Crippen LogP contribution >= 0.6 is 0 Å². The van der Waals surface area contributed by atoms with Crippen LogP contribution in [0.3, 0.4) is 0 Å². The zero-order valence-electron chi connectivity index (χ0n) is 12.8. The molecule has 2 amide bonds. The maximum Gasteiger partial charge on any atom is 0.309 e. The van der Waals surface area contributed by atoms with E-state index in [4.69, 9.17) is 0 Å². The first-order valence-electron chi connectivity index (χ1n) is 7.02. The highest BCUT2D eigenvalue weighted by Gasteiger charge is 2.16. The molecule has 0 fully saturated rings. The van der Waals surface area contributed by atoms with Crippen LogP contribution < -0.4 is 10.6 Å². The van der Waals surface area contributed by atoms with E-state index in [0.29, 0.717) is 24.3 Å². The Morgan fingerprint density at radius 1 is 0.615 bits per heavy atom. The van der Waals surface area contributed by atoms with Gasteiger partial charge in [-0.25, -0.2) is 26.3 Å². The summed E-state index contributed by atoms with van der Waals surface area (Å²) in [5.74, 6) is -11.6. The van der Waals surface area contributed by atoms with E-state index in [1.807, 2.05) is 10.6 Å². The molecule has 2 aromatic carbocycles. The van der Waals surface area contributed by atoms with E-state index in [0.717, 1.165) is 0 Å². The van der Waals surface area contributed by atoms with Crippen LogP contribution in [0.15, 0.2) is 24.3 Å². The lowest BCUT2D eigenvalue weighted by molar-refractivity contribution is -0.139. The molecular weight excluding hydrogens is 366 g/mol. The number of hydrogen-bond donors (Lipinski definition) is 2. The summed E-state index contributed by atoms with van der Waals surface area (Å²) in [5.41, 5.74) is -0.268. The summed E-state index contributed by atoms with van der Waals surface area (Å²) in [5, 5.41) is 4.05. The van der Waals surface area contributed by atoms with E-state index in [9.17, 15) is 35.9 Å². The van der Waals surface area contributed by atoms with Gasteiger partial charge in [0.15, 0.2) is 34.9 Å². The lowest BCUT2D eigenvalue weighted by atomic mass is 10.2. The summed E-state index contributed by atoms with van der Waals surface area (Å²) in [6.45, 7) is -0.944. The number of rotatable bonds is 4. The summed E-state index contributed by atoms with van der Waals surface area (Å²) < 4.78 is 77.7. The highest BCUT2D eigenvalue weighted by molar-refractivity contribution is 6.35. The number of carbonyl (C=O) groups is 2. The Morgan fingerprint density at radius 2 is 0.885 bits per heavy atom. The molecule has 10 heteroatoms. The summed E-state index contributed by atoms with van der Waals surface area (Å²) in [7, 11) is 0. The van der Waals surface area contributed by atoms with Crippen molar-refractivity contribution in [3.8, 4) is 0 Å². The normalized spacial score (nSPS) is 10.5. The molecule has 138 valence electrons. The first-order valence-corrected chi connectivity index (χ1v) is 7.02. The van der Waals surface area contributed by atoms with Gasteiger partial charge in [-0.3, -0.25) is 9.59 Å². The van der Waals surface area contributed by atoms with Crippen molar-refractivity contribution in [2.45, 2.75) is 13.1 Å². The number of hydrogen-bond acceptors (Lipinski definition) is 2. The Kier molecular flexibility index (Phi) is 5.86. The summed E-state index contributed by atoms with van der Waals surface area (Å²) >= 11 is 0. The quantitative estimate of drug-likeness (QED) is 0.489. The van der Waals surface area contributed by atoms with Crippen molar-refractivity contribution in [1.82, 2.24) is 10.6 Å². The van der Waals surface area contributed by atoms with Crippen molar-refractivity contribution in [1.29, 1.82) is 0 Å². The number of benzene rings is 2. The van der Waals surface area contributed by atoms with Crippen molar-refractivity contribution < 1.29 is 35.9 Å². The van der Waals surface area contributed by atoms with E-state index in [1.54, 1.807) is 0 Å². The zero-order valence-corrected chi connectivity index (χ0v) is 12.8. The van der Waals surface area contributed by atoms with Crippen molar-refractivity contribution >= 4 is 11.8 Å². The zero-order chi connectivity index (χ0) is 19.4. The molecule has 26 heavy (non-hydrogen) atoms. The van der Waals surface area contributed by atoms with E-state index in [2.05, 4.69) is 0 Å². The molecule has 0 saturated heterocycles. The molecule has 0 aliphatic rings. The number of halogens is 6. The third-order valence-corrected chi connectivity index (χ3v) is 3.20. The minimum atomic E-state index is -1.67.